The Labute approximate surface area is 127 Å². The summed E-state index contributed by atoms with van der Waals surface area (Å²) >= 11 is 0. The van der Waals surface area contributed by atoms with Crippen LogP contribution >= 0.6 is 0 Å². The van der Waals surface area contributed by atoms with E-state index in [2.05, 4.69) is 4.98 Å². The van der Waals surface area contributed by atoms with E-state index in [1.165, 1.54) is 0 Å². The first kappa shape index (κ1) is 15.8. The SMILES string of the molecule is CC(C)n1cc(C(F)(F)F)nc1C12CCC(CN)(CC1)OC2. The van der Waals surface area contributed by atoms with Gasteiger partial charge in [0, 0.05) is 18.8 Å². The number of hydrogen-bond acceptors (Lipinski definition) is 3. The topological polar surface area (TPSA) is 53.1 Å². The molecule has 22 heavy (non-hydrogen) atoms. The van der Waals surface area contributed by atoms with Crippen molar-refractivity contribution in [3.63, 3.8) is 0 Å². The molecule has 2 bridgehead atoms. The number of imidazole rings is 1. The number of alkyl halides is 3. The molecular formula is C15H22F3N3O. The molecule has 1 aromatic rings. The normalized spacial score (nSPS) is 32.0. The third kappa shape index (κ3) is 2.34. The molecule has 1 saturated carbocycles. The Morgan fingerprint density at radius 3 is 2.36 bits per heavy atom. The lowest BCUT2D eigenvalue weighted by Gasteiger charge is -2.52. The fraction of sp³-hybridized carbons (Fsp3) is 0.800. The molecule has 2 saturated heterocycles. The first-order valence-corrected chi connectivity index (χ1v) is 7.72. The highest BCUT2D eigenvalue weighted by atomic mass is 19.4. The lowest BCUT2D eigenvalue weighted by molar-refractivity contribution is -0.154. The minimum Gasteiger partial charge on any atom is -0.373 e. The molecule has 7 heteroatoms. The van der Waals surface area contributed by atoms with Crippen molar-refractivity contribution in [2.75, 3.05) is 13.2 Å². The van der Waals surface area contributed by atoms with Crippen molar-refractivity contribution in [3.05, 3.63) is 17.7 Å². The quantitative estimate of drug-likeness (QED) is 0.932. The molecule has 0 unspecified atom stereocenters. The summed E-state index contributed by atoms with van der Waals surface area (Å²) in [7, 11) is 0. The predicted molar refractivity (Wildman–Crippen MR) is 75.5 cm³/mol. The first-order valence-electron chi connectivity index (χ1n) is 7.72. The molecule has 1 aliphatic carbocycles. The summed E-state index contributed by atoms with van der Waals surface area (Å²) < 4.78 is 46.7. The van der Waals surface area contributed by atoms with Crippen molar-refractivity contribution in [2.24, 2.45) is 5.73 Å². The summed E-state index contributed by atoms with van der Waals surface area (Å²) in [4.78, 5) is 3.97. The molecular weight excluding hydrogens is 295 g/mol. The van der Waals surface area contributed by atoms with Crippen molar-refractivity contribution in [3.8, 4) is 0 Å². The number of aromatic nitrogens is 2. The maximum absolute atomic E-state index is 13.0. The molecule has 2 N–H and O–H groups in total. The number of nitrogens with two attached hydrogens (primary N) is 1. The molecule has 0 radical (unpaired) electrons. The number of hydrogen-bond donors (Lipinski definition) is 1. The largest absolute Gasteiger partial charge is 0.434 e. The van der Waals surface area contributed by atoms with E-state index in [-0.39, 0.29) is 11.6 Å². The second-order valence-electron chi connectivity index (χ2n) is 6.90. The Morgan fingerprint density at radius 2 is 1.95 bits per heavy atom. The van der Waals surface area contributed by atoms with Gasteiger partial charge in [-0.25, -0.2) is 4.98 Å². The Balaban J connectivity index is 2.00. The van der Waals surface area contributed by atoms with Crippen LogP contribution in [-0.2, 0) is 16.3 Å². The highest BCUT2D eigenvalue weighted by Gasteiger charge is 2.52. The molecule has 2 aliphatic heterocycles. The van der Waals surface area contributed by atoms with Crippen LogP contribution in [0.2, 0.25) is 0 Å². The number of fused-ring (bicyclic) bond motifs is 3. The van der Waals surface area contributed by atoms with Crippen LogP contribution in [0.5, 0.6) is 0 Å². The fourth-order valence-corrected chi connectivity index (χ4v) is 3.63. The van der Waals surface area contributed by atoms with Crippen LogP contribution in [-0.4, -0.2) is 28.3 Å². The summed E-state index contributed by atoms with van der Waals surface area (Å²) in [6, 6.07) is -0.0731. The lowest BCUT2D eigenvalue weighted by Crippen LogP contribution is -2.57. The van der Waals surface area contributed by atoms with Gasteiger partial charge in [-0.2, -0.15) is 13.2 Å². The summed E-state index contributed by atoms with van der Waals surface area (Å²) in [6.07, 6.45) is -0.146. The summed E-state index contributed by atoms with van der Waals surface area (Å²) in [5.41, 5.74) is 4.30. The van der Waals surface area contributed by atoms with Crippen molar-refractivity contribution in [1.29, 1.82) is 0 Å². The standard InChI is InChI=1S/C15H22F3N3O/c1-10(2)21-7-11(15(16,17)18)20-12(21)13-3-5-14(8-19,6-4-13)22-9-13/h7,10H,3-6,8-9,19H2,1-2H3. The summed E-state index contributed by atoms with van der Waals surface area (Å²) in [6.45, 7) is 4.62. The van der Waals surface area contributed by atoms with Crippen molar-refractivity contribution >= 4 is 0 Å². The van der Waals surface area contributed by atoms with Gasteiger partial charge in [0.1, 0.15) is 5.82 Å². The average Bonchev–Trinajstić information content (AvgIpc) is 2.95. The Hall–Kier alpha value is -1.08. The van der Waals surface area contributed by atoms with Gasteiger partial charge >= 0.3 is 6.18 Å². The van der Waals surface area contributed by atoms with Gasteiger partial charge in [-0.1, -0.05) is 0 Å². The summed E-state index contributed by atoms with van der Waals surface area (Å²) in [5, 5.41) is 0. The highest BCUT2D eigenvalue weighted by Crippen LogP contribution is 2.50. The zero-order valence-electron chi connectivity index (χ0n) is 12.9. The van der Waals surface area contributed by atoms with E-state index in [0.717, 1.165) is 31.9 Å². The van der Waals surface area contributed by atoms with Crippen LogP contribution in [0, 0.1) is 0 Å². The van der Waals surface area contributed by atoms with E-state index in [9.17, 15) is 13.2 Å². The van der Waals surface area contributed by atoms with E-state index in [1.807, 2.05) is 13.8 Å². The third-order valence-electron chi connectivity index (χ3n) is 5.20. The Kier molecular flexibility index (Phi) is 3.56. The molecule has 0 amide bonds. The molecule has 1 aromatic heterocycles. The van der Waals surface area contributed by atoms with Gasteiger partial charge in [0.05, 0.1) is 17.6 Å². The minimum absolute atomic E-state index is 0.0731. The highest BCUT2D eigenvalue weighted by molar-refractivity contribution is 5.21. The van der Waals surface area contributed by atoms with Gasteiger partial charge in [0.2, 0.25) is 0 Å². The monoisotopic (exact) mass is 317 g/mol. The van der Waals surface area contributed by atoms with Gasteiger partial charge in [-0.3, -0.25) is 0 Å². The first-order chi connectivity index (χ1) is 10.2. The average molecular weight is 317 g/mol. The molecule has 4 nitrogen and oxygen atoms in total. The molecule has 4 rings (SSSR count). The molecule has 124 valence electrons. The van der Waals surface area contributed by atoms with E-state index in [0.29, 0.717) is 19.0 Å². The van der Waals surface area contributed by atoms with E-state index < -0.39 is 17.3 Å². The van der Waals surface area contributed by atoms with Gasteiger partial charge in [0.15, 0.2) is 5.69 Å². The number of ether oxygens (including phenoxy) is 1. The van der Waals surface area contributed by atoms with Crippen molar-refractivity contribution < 1.29 is 17.9 Å². The van der Waals surface area contributed by atoms with Crippen LogP contribution in [0.1, 0.15) is 57.1 Å². The molecule has 0 spiro atoms. The fourth-order valence-electron chi connectivity index (χ4n) is 3.63. The predicted octanol–water partition coefficient (Wildman–Crippen LogP) is 3.02. The zero-order chi connectivity index (χ0) is 16.2. The third-order valence-corrected chi connectivity index (χ3v) is 5.20. The summed E-state index contributed by atoms with van der Waals surface area (Å²) in [5.74, 6) is 0.514. The second kappa shape index (κ2) is 4.96. The van der Waals surface area contributed by atoms with Gasteiger partial charge in [-0.15, -0.1) is 0 Å². The van der Waals surface area contributed by atoms with Crippen LogP contribution in [0.4, 0.5) is 13.2 Å². The van der Waals surface area contributed by atoms with E-state index in [4.69, 9.17) is 10.5 Å². The second-order valence-corrected chi connectivity index (χ2v) is 6.90. The lowest BCUT2D eigenvalue weighted by atomic mass is 9.65. The van der Waals surface area contributed by atoms with Crippen LogP contribution in [0.25, 0.3) is 0 Å². The molecule has 3 aliphatic rings. The number of halogens is 3. The maximum atomic E-state index is 13.0. The smallest absolute Gasteiger partial charge is 0.373 e. The zero-order valence-corrected chi connectivity index (χ0v) is 12.9. The van der Waals surface area contributed by atoms with Crippen LogP contribution in [0.3, 0.4) is 0 Å². The minimum atomic E-state index is -4.42. The maximum Gasteiger partial charge on any atom is 0.434 e. The van der Waals surface area contributed by atoms with Gasteiger partial charge < -0.3 is 15.0 Å². The molecule has 3 fully saturated rings. The molecule has 0 atom stereocenters. The van der Waals surface area contributed by atoms with Gasteiger partial charge in [0.25, 0.3) is 0 Å². The van der Waals surface area contributed by atoms with Crippen LogP contribution in [0.15, 0.2) is 6.20 Å². The Bertz CT molecular complexity index is 540. The van der Waals surface area contributed by atoms with E-state index >= 15 is 0 Å². The molecule has 3 heterocycles. The van der Waals surface area contributed by atoms with Crippen molar-refractivity contribution in [1.82, 2.24) is 9.55 Å². The molecule has 0 aromatic carbocycles. The Morgan fingerprint density at radius 1 is 1.32 bits per heavy atom. The van der Waals surface area contributed by atoms with Gasteiger partial charge in [-0.05, 0) is 39.5 Å². The van der Waals surface area contributed by atoms with E-state index in [1.54, 1.807) is 4.57 Å². The number of nitrogens with zero attached hydrogens (tertiary/aromatic N) is 2. The number of rotatable bonds is 3. The van der Waals surface area contributed by atoms with Crippen molar-refractivity contribution in [2.45, 2.75) is 62.8 Å². The van der Waals surface area contributed by atoms with Crippen LogP contribution < -0.4 is 5.73 Å².